The summed E-state index contributed by atoms with van der Waals surface area (Å²) in [6, 6.07) is 6.44. The van der Waals surface area contributed by atoms with Crippen molar-refractivity contribution < 1.29 is 9.53 Å². The number of hydrogen-bond donors (Lipinski definition) is 2. The lowest BCUT2D eigenvalue weighted by Crippen LogP contribution is -2.21. The van der Waals surface area contributed by atoms with Crippen LogP contribution in [0.25, 0.3) is 0 Å². The number of nitrogens with zero attached hydrogens (tertiary/aromatic N) is 1. The molecule has 0 unspecified atom stereocenters. The molecule has 0 heterocycles. The van der Waals surface area contributed by atoms with Crippen LogP contribution in [0.2, 0.25) is 0 Å². The van der Waals surface area contributed by atoms with Crippen LogP contribution in [-0.4, -0.2) is 11.9 Å². The van der Waals surface area contributed by atoms with E-state index in [-0.39, 0.29) is 5.96 Å². The zero-order valence-electron chi connectivity index (χ0n) is 14.9. The third-order valence-corrected chi connectivity index (χ3v) is 2.35. The first-order valence-corrected chi connectivity index (χ1v) is 7.73. The van der Waals surface area contributed by atoms with Gasteiger partial charge in [-0.25, -0.2) is 9.79 Å². The lowest BCUT2D eigenvalue weighted by molar-refractivity contribution is 0.0637. The number of benzene rings is 1. The largest absolute Gasteiger partial charge is 0.423 e. The Kier molecular flexibility index (Phi) is 10.3. The van der Waals surface area contributed by atoms with Gasteiger partial charge in [0.1, 0.15) is 5.76 Å². The molecule has 0 fully saturated rings. The van der Waals surface area contributed by atoms with E-state index in [1.54, 1.807) is 30.3 Å². The average molecular weight is 329 g/mol. The van der Waals surface area contributed by atoms with E-state index in [0.29, 0.717) is 17.0 Å². The zero-order chi connectivity index (χ0) is 18.5. The summed E-state index contributed by atoms with van der Waals surface area (Å²) >= 11 is 0. The van der Waals surface area contributed by atoms with E-state index in [2.05, 4.69) is 25.4 Å². The van der Waals surface area contributed by atoms with Crippen molar-refractivity contribution in [2.45, 2.75) is 34.1 Å². The van der Waals surface area contributed by atoms with Gasteiger partial charge in [-0.15, -0.1) is 0 Å². The predicted molar refractivity (Wildman–Crippen MR) is 101 cm³/mol. The molecule has 0 aliphatic carbocycles. The molecule has 5 heteroatoms. The summed E-state index contributed by atoms with van der Waals surface area (Å²) in [7, 11) is 0. The molecule has 0 bridgehead atoms. The molecular formula is C19H27N3O2. The van der Waals surface area contributed by atoms with Crippen molar-refractivity contribution in [1.29, 1.82) is 0 Å². The van der Waals surface area contributed by atoms with E-state index >= 15 is 0 Å². The van der Waals surface area contributed by atoms with Crippen molar-refractivity contribution in [3.8, 4) is 0 Å². The number of hydrogen-bond acceptors (Lipinski definition) is 3. The third kappa shape index (κ3) is 9.25. The standard InChI is InChI=1S/C16H19N3O2.C3H8/c1-4-14(10-5-11(2)3)21-15(20)12-6-8-13(9-7-12)19-16(17)18;1-3-2/h4-10H,1H2,2-3H3,(H4,17,18,19);3H2,1-2H3/b14-10+;. The van der Waals surface area contributed by atoms with Crippen molar-refractivity contribution in [1.82, 2.24) is 0 Å². The fourth-order valence-corrected chi connectivity index (χ4v) is 1.38. The maximum atomic E-state index is 12.0. The van der Waals surface area contributed by atoms with Crippen LogP contribution in [0.3, 0.4) is 0 Å². The SMILES string of the molecule is C=C/C(=C\C=C(C)C)OC(=O)c1ccc(N=C(N)N)cc1.CCC. The van der Waals surface area contributed by atoms with Crippen LogP contribution in [-0.2, 0) is 4.74 Å². The van der Waals surface area contributed by atoms with Crippen molar-refractivity contribution in [3.05, 3.63) is 66.0 Å². The first-order valence-electron chi connectivity index (χ1n) is 7.73. The highest BCUT2D eigenvalue weighted by Gasteiger charge is 2.08. The first-order chi connectivity index (χ1) is 11.3. The fraction of sp³-hybridized carbons (Fsp3) is 0.263. The third-order valence-electron chi connectivity index (χ3n) is 2.35. The molecule has 130 valence electrons. The lowest BCUT2D eigenvalue weighted by atomic mass is 10.2. The smallest absolute Gasteiger partial charge is 0.343 e. The molecule has 5 nitrogen and oxygen atoms in total. The van der Waals surface area contributed by atoms with E-state index in [0.717, 1.165) is 5.57 Å². The first kappa shape index (κ1) is 21.2. The second-order valence-electron chi connectivity index (χ2n) is 5.20. The quantitative estimate of drug-likeness (QED) is 0.278. The Morgan fingerprint density at radius 2 is 1.71 bits per heavy atom. The van der Waals surface area contributed by atoms with Gasteiger partial charge in [0.25, 0.3) is 0 Å². The second kappa shape index (κ2) is 11.7. The minimum atomic E-state index is -0.473. The summed E-state index contributed by atoms with van der Waals surface area (Å²) in [6.45, 7) is 11.8. The lowest BCUT2D eigenvalue weighted by Gasteiger charge is -2.05. The van der Waals surface area contributed by atoms with Crippen molar-refractivity contribution in [2.24, 2.45) is 16.5 Å². The minimum absolute atomic E-state index is 0.0380. The van der Waals surface area contributed by atoms with E-state index in [4.69, 9.17) is 16.2 Å². The number of ether oxygens (including phenoxy) is 1. The number of guanidine groups is 1. The number of allylic oxidation sites excluding steroid dienone is 4. The van der Waals surface area contributed by atoms with Gasteiger partial charge in [0.15, 0.2) is 5.96 Å². The van der Waals surface area contributed by atoms with Crippen LogP contribution in [0.1, 0.15) is 44.5 Å². The number of rotatable bonds is 5. The van der Waals surface area contributed by atoms with Crippen LogP contribution in [0.5, 0.6) is 0 Å². The number of carbonyl (C=O) groups is 1. The summed E-state index contributed by atoms with van der Waals surface area (Å²) in [5.41, 5.74) is 12.6. The van der Waals surface area contributed by atoms with Gasteiger partial charge in [0.2, 0.25) is 0 Å². The Bertz CT molecular complexity index is 619. The van der Waals surface area contributed by atoms with Crippen molar-refractivity contribution >= 4 is 17.6 Å². The Morgan fingerprint density at radius 3 is 2.12 bits per heavy atom. The number of carbonyl (C=O) groups excluding carboxylic acids is 1. The van der Waals surface area contributed by atoms with Gasteiger partial charge in [-0.3, -0.25) is 0 Å². The fourth-order valence-electron chi connectivity index (χ4n) is 1.38. The molecule has 0 atom stereocenters. The summed E-state index contributed by atoms with van der Waals surface area (Å²) < 4.78 is 5.23. The molecule has 1 aromatic rings. The Morgan fingerprint density at radius 1 is 1.17 bits per heavy atom. The van der Waals surface area contributed by atoms with Crippen LogP contribution in [0.15, 0.2) is 65.4 Å². The van der Waals surface area contributed by atoms with E-state index < -0.39 is 5.97 Å². The average Bonchev–Trinajstić information content (AvgIpc) is 2.52. The number of nitrogens with two attached hydrogens (primary N) is 2. The molecule has 0 saturated heterocycles. The number of aliphatic imine (C=N–C) groups is 1. The molecule has 4 N–H and O–H groups in total. The number of esters is 1. The van der Waals surface area contributed by atoms with Crippen LogP contribution in [0.4, 0.5) is 5.69 Å². The highest BCUT2D eigenvalue weighted by Crippen LogP contribution is 2.14. The molecule has 0 amide bonds. The summed E-state index contributed by atoms with van der Waals surface area (Å²) in [5.74, 6) is -0.127. The normalized spacial score (nSPS) is 9.92. The summed E-state index contributed by atoms with van der Waals surface area (Å²) in [5, 5.41) is 0. The summed E-state index contributed by atoms with van der Waals surface area (Å²) in [6.07, 6.45) is 6.26. The van der Waals surface area contributed by atoms with Crippen LogP contribution in [0, 0.1) is 0 Å². The van der Waals surface area contributed by atoms with Gasteiger partial charge >= 0.3 is 5.97 Å². The van der Waals surface area contributed by atoms with Gasteiger partial charge in [-0.05, 0) is 50.3 Å². The topological polar surface area (TPSA) is 90.7 Å². The van der Waals surface area contributed by atoms with Crippen LogP contribution < -0.4 is 11.5 Å². The van der Waals surface area contributed by atoms with Gasteiger partial charge in [0.05, 0.1) is 11.3 Å². The second-order valence-corrected chi connectivity index (χ2v) is 5.20. The molecular weight excluding hydrogens is 302 g/mol. The summed E-state index contributed by atoms with van der Waals surface area (Å²) in [4.78, 5) is 15.8. The van der Waals surface area contributed by atoms with Crippen molar-refractivity contribution in [2.75, 3.05) is 0 Å². The molecule has 0 saturated carbocycles. The van der Waals surface area contributed by atoms with Gasteiger partial charge in [-0.2, -0.15) is 0 Å². The molecule has 0 aliphatic heterocycles. The molecule has 1 rings (SSSR count). The van der Waals surface area contributed by atoms with E-state index in [9.17, 15) is 4.79 Å². The van der Waals surface area contributed by atoms with Crippen molar-refractivity contribution in [3.63, 3.8) is 0 Å². The molecule has 1 aromatic carbocycles. The molecule has 0 aliphatic rings. The zero-order valence-corrected chi connectivity index (χ0v) is 14.9. The Hall–Kier alpha value is -2.82. The minimum Gasteiger partial charge on any atom is -0.423 e. The molecule has 0 radical (unpaired) electrons. The Balaban J connectivity index is 0.00000163. The predicted octanol–water partition coefficient (Wildman–Crippen LogP) is 4.20. The van der Waals surface area contributed by atoms with E-state index in [1.807, 2.05) is 19.9 Å². The van der Waals surface area contributed by atoms with Crippen LogP contribution >= 0.6 is 0 Å². The maximum Gasteiger partial charge on any atom is 0.343 e. The molecule has 0 aromatic heterocycles. The molecule has 24 heavy (non-hydrogen) atoms. The van der Waals surface area contributed by atoms with Gasteiger partial charge < -0.3 is 16.2 Å². The molecule has 0 spiro atoms. The highest BCUT2D eigenvalue weighted by atomic mass is 16.5. The maximum absolute atomic E-state index is 12.0. The van der Waals surface area contributed by atoms with Gasteiger partial charge in [-0.1, -0.05) is 38.5 Å². The van der Waals surface area contributed by atoms with E-state index in [1.165, 1.54) is 12.5 Å². The monoisotopic (exact) mass is 329 g/mol. The highest BCUT2D eigenvalue weighted by molar-refractivity contribution is 5.90. The Labute approximate surface area is 144 Å². The van der Waals surface area contributed by atoms with Gasteiger partial charge in [0, 0.05) is 0 Å².